The predicted molar refractivity (Wildman–Crippen MR) is 36.3 cm³/mol. The van der Waals surface area contributed by atoms with Crippen molar-refractivity contribution < 1.29 is 4.43 Å². The molecule has 0 radical (unpaired) electrons. The van der Waals surface area contributed by atoms with Gasteiger partial charge >= 0.3 is 0 Å². The molecular formula is C3H8Cl2OSi. The van der Waals surface area contributed by atoms with E-state index in [9.17, 15) is 0 Å². The minimum absolute atomic E-state index is 0.0787. The number of halogens is 2. The van der Waals surface area contributed by atoms with E-state index in [0.717, 1.165) is 10.5 Å². The van der Waals surface area contributed by atoms with Gasteiger partial charge in [-0.1, -0.05) is 0 Å². The van der Waals surface area contributed by atoms with Crippen molar-refractivity contribution in [3.63, 3.8) is 0 Å². The zero-order chi connectivity index (χ0) is 5.70. The van der Waals surface area contributed by atoms with Crippen molar-refractivity contribution >= 4 is 33.7 Å². The molecule has 0 aromatic carbocycles. The maximum atomic E-state index is 5.38. The molecule has 0 aliphatic heterocycles. The Hall–Kier alpha value is 0.757. The Morgan fingerprint density at radius 1 is 1.43 bits per heavy atom. The number of rotatable bonds is 3. The Morgan fingerprint density at radius 3 is 1.86 bits per heavy atom. The summed E-state index contributed by atoms with van der Waals surface area (Å²) in [5, 5.41) is 0. The van der Waals surface area contributed by atoms with Gasteiger partial charge in [-0.15, -0.1) is 23.2 Å². The van der Waals surface area contributed by atoms with Crippen LogP contribution >= 0.6 is 23.2 Å². The monoisotopic (exact) mass is 158 g/mol. The standard InChI is InChI=1S/C3H8Cl2OSi/c4-1-3(2-5)6-7/h3H,1-2H2,7H3. The lowest BCUT2D eigenvalue weighted by Crippen LogP contribution is -2.14. The summed E-state index contributed by atoms with van der Waals surface area (Å²) in [5.74, 6) is 1.01. The summed E-state index contributed by atoms with van der Waals surface area (Å²) in [6, 6.07) is 0. The van der Waals surface area contributed by atoms with Gasteiger partial charge < -0.3 is 4.43 Å². The summed E-state index contributed by atoms with van der Waals surface area (Å²) in [6.45, 7) is 0. The van der Waals surface area contributed by atoms with Crippen LogP contribution < -0.4 is 0 Å². The van der Waals surface area contributed by atoms with E-state index in [-0.39, 0.29) is 6.10 Å². The van der Waals surface area contributed by atoms with Crippen LogP contribution in [0.4, 0.5) is 0 Å². The van der Waals surface area contributed by atoms with Crippen molar-refractivity contribution in [3.05, 3.63) is 0 Å². The predicted octanol–water partition coefficient (Wildman–Crippen LogP) is 0.130. The molecule has 0 aliphatic rings. The van der Waals surface area contributed by atoms with Crippen LogP contribution in [-0.2, 0) is 4.43 Å². The zero-order valence-corrected chi connectivity index (χ0v) is 7.67. The first-order chi connectivity index (χ1) is 3.35. The molecule has 7 heavy (non-hydrogen) atoms. The van der Waals surface area contributed by atoms with E-state index in [1.807, 2.05) is 0 Å². The van der Waals surface area contributed by atoms with Crippen LogP contribution in [0.3, 0.4) is 0 Å². The lowest BCUT2D eigenvalue weighted by atomic mass is 10.5. The summed E-state index contributed by atoms with van der Waals surface area (Å²) in [4.78, 5) is 0. The van der Waals surface area contributed by atoms with Crippen molar-refractivity contribution in [1.82, 2.24) is 0 Å². The molecule has 0 aromatic heterocycles. The quantitative estimate of drug-likeness (QED) is 0.420. The lowest BCUT2D eigenvalue weighted by molar-refractivity contribution is 0.274. The summed E-state index contributed by atoms with van der Waals surface area (Å²) in [6.07, 6.45) is 0.0787. The molecule has 0 rings (SSSR count). The highest BCUT2D eigenvalue weighted by atomic mass is 35.5. The Balaban J connectivity index is 2.99. The minimum atomic E-state index is 0.0787. The zero-order valence-electron chi connectivity index (χ0n) is 4.16. The molecule has 0 heterocycles. The lowest BCUT2D eigenvalue weighted by Gasteiger charge is -2.05. The van der Waals surface area contributed by atoms with Crippen LogP contribution in [0.1, 0.15) is 0 Å². The van der Waals surface area contributed by atoms with E-state index in [1.54, 1.807) is 0 Å². The molecule has 0 spiro atoms. The average Bonchev–Trinajstić information content (AvgIpc) is 1.72. The Kier molecular flexibility index (Phi) is 5.44. The molecule has 0 aliphatic carbocycles. The minimum Gasteiger partial charge on any atom is -0.423 e. The normalized spacial score (nSPS) is 10.7. The molecule has 0 saturated carbocycles. The molecule has 0 saturated heterocycles. The van der Waals surface area contributed by atoms with Crippen LogP contribution in [-0.4, -0.2) is 28.3 Å². The number of hydrogen-bond donors (Lipinski definition) is 0. The molecule has 0 atom stereocenters. The topological polar surface area (TPSA) is 9.23 Å². The van der Waals surface area contributed by atoms with Crippen LogP contribution in [0, 0.1) is 0 Å². The fraction of sp³-hybridized carbons (Fsp3) is 1.00. The number of alkyl halides is 2. The van der Waals surface area contributed by atoms with Gasteiger partial charge in [0.15, 0.2) is 0 Å². The second-order valence-electron chi connectivity index (χ2n) is 1.17. The van der Waals surface area contributed by atoms with Crippen LogP contribution in [0.2, 0.25) is 0 Å². The third-order valence-electron chi connectivity index (χ3n) is 0.678. The van der Waals surface area contributed by atoms with E-state index < -0.39 is 0 Å². The van der Waals surface area contributed by atoms with Gasteiger partial charge in [-0.25, -0.2) is 0 Å². The van der Waals surface area contributed by atoms with Crippen molar-refractivity contribution in [2.75, 3.05) is 11.8 Å². The molecule has 0 aromatic rings. The highest BCUT2D eigenvalue weighted by Crippen LogP contribution is 1.94. The summed E-state index contributed by atoms with van der Waals surface area (Å²) in [7, 11) is 0.723. The third kappa shape index (κ3) is 3.35. The van der Waals surface area contributed by atoms with Crippen LogP contribution in [0.15, 0.2) is 0 Å². The Bertz CT molecular complexity index is 34.4. The molecule has 0 bridgehead atoms. The van der Waals surface area contributed by atoms with Gasteiger partial charge in [-0.3, -0.25) is 0 Å². The SMILES string of the molecule is [SiH3]OC(CCl)CCl. The largest absolute Gasteiger partial charge is 0.423 e. The molecule has 44 valence electrons. The second-order valence-corrected chi connectivity index (χ2v) is 2.25. The molecule has 0 N–H and O–H groups in total. The summed E-state index contributed by atoms with van der Waals surface area (Å²) in [5.41, 5.74) is 0. The second kappa shape index (κ2) is 4.90. The van der Waals surface area contributed by atoms with E-state index in [1.165, 1.54) is 0 Å². The van der Waals surface area contributed by atoms with E-state index in [2.05, 4.69) is 0 Å². The van der Waals surface area contributed by atoms with Gasteiger partial charge in [0.2, 0.25) is 0 Å². The maximum absolute atomic E-state index is 5.38. The van der Waals surface area contributed by atoms with Gasteiger partial charge in [-0.05, 0) is 0 Å². The number of hydrogen-bond acceptors (Lipinski definition) is 1. The summed E-state index contributed by atoms with van der Waals surface area (Å²) < 4.78 is 4.92. The molecular weight excluding hydrogens is 151 g/mol. The molecule has 1 nitrogen and oxygen atoms in total. The van der Waals surface area contributed by atoms with Crippen LogP contribution in [0.5, 0.6) is 0 Å². The van der Waals surface area contributed by atoms with Gasteiger partial charge in [0.05, 0.1) is 6.10 Å². The van der Waals surface area contributed by atoms with Crippen molar-refractivity contribution in [3.8, 4) is 0 Å². The van der Waals surface area contributed by atoms with Crippen molar-refractivity contribution in [2.24, 2.45) is 0 Å². The van der Waals surface area contributed by atoms with E-state index >= 15 is 0 Å². The summed E-state index contributed by atoms with van der Waals surface area (Å²) >= 11 is 10.8. The molecule has 0 unspecified atom stereocenters. The Labute approximate surface area is 56.5 Å². The fourth-order valence-corrected chi connectivity index (χ4v) is 1.51. The smallest absolute Gasteiger partial charge is 0.146 e. The van der Waals surface area contributed by atoms with Gasteiger partial charge in [0.1, 0.15) is 10.5 Å². The van der Waals surface area contributed by atoms with E-state index in [4.69, 9.17) is 27.6 Å². The molecule has 0 amide bonds. The first-order valence-corrected chi connectivity index (χ1v) is 3.88. The van der Waals surface area contributed by atoms with Gasteiger partial charge in [0, 0.05) is 11.8 Å². The highest BCUT2D eigenvalue weighted by molar-refractivity contribution is 6.21. The maximum Gasteiger partial charge on any atom is 0.146 e. The average molecular weight is 159 g/mol. The van der Waals surface area contributed by atoms with Crippen LogP contribution in [0.25, 0.3) is 0 Å². The van der Waals surface area contributed by atoms with Gasteiger partial charge in [-0.2, -0.15) is 0 Å². The van der Waals surface area contributed by atoms with E-state index in [0.29, 0.717) is 11.8 Å². The molecule has 4 heteroatoms. The Morgan fingerprint density at radius 2 is 1.86 bits per heavy atom. The third-order valence-corrected chi connectivity index (χ3v) is 2.03. The first kappa shape index (κ1) is 7.76. The van der Waals surface area contributed by atoms with Crippen molar-refractivity contribution in [1.29, 1.82) is 0 Å². The first-order valence-electron chi connectivity index (χ1n) is 1.99. The van der Waals surface area contributed by atoms with Crippen molar-refractivity contribution in [2.45, 2.75) is 6.10 Å². The van der Waals surface area contributed by atoms with Gasteiger partial charge in [0.25, 0.3) is 0 Å². The molecule has 0 fully saturated rings. The fourth-order valence-electron chi connectivity index (χ4n) is 0.167. The highest BCUT2D eigenvalue weighted by Gasteiger charge is 1.98.